The van der Waals surface area contributed by atoms with E-state index in [2.05, 4.69) is 188 Å². The average molecular weight is 788 g/mol. The standard InChI is InChI=1S/C37H37N3.C14H12N2.C2H6.C2H2/c1-6-8-20-29(18-7-2)38(4)37-26-32-31-23-16-17-24-34(31)39(5)36(32)27-33(37)35-25-15-10-9-12-19-28(3)40(35)30-21-13-11-14-22-30;1-16-13-10-6-5-9-12(13)14(15)11-7-3-2-4-8-11;2*1-2/h6-7,9-14,16-27H,1,3,8,15H2,2,4-5H3;2-10,15H,1H2;1-2H3;1-2H/b10-9-,18-7-,19-12-,29-20?,35-25-;;;. The number of hydrogen-bond donors (Lipinski definition) is 1. The molecule has 5 aromatic carbocycles. The summed E-state index contributed by atoms with van der Waals surface area (Å²) < 4.78 is 2.30. The second kappa shape index (κ2) is 23.1. The quantitative estimate of drug-likeness (QED) is 0.0650. The van der Waals surface area contributed by atoms with Gasteiger partial charge < -0.3 is 14.4 Å². The van der Waals surface area contributed by atoms with Crippen LogP contribution in [0.25, 0.3) is 27.5 Å². The minimum atomic E-state index is 0.476. The molecule has 1 aromatic heterocycles. The lowest BCUT2D eigenvalue weighted by atomic mass is 10.0. The number of benzene rings is 5. The van der Waals surface area contributed by atoms with Crippen LogP contribution in [0, 0.1) is 18.3 Å². The van der Waals surface area contributed by atoms with Crippen molar-refractivity contribution in [2.24, 2.45) is 12.0 Å². The van der Waals surface area contributed by atoms with Gasteiger partial charge >= 0.3 is 0 Å². The van der Waals surface area contributed by atoms with Crippen LogP contribution < -0.4 is 9.80 Å². The summed E-state index contributed by atoms with van der Waals surface area (Å²) >= 11 is 0. The molecule has 0 saturated heterocycles. The van der Waals surface area contributed by atoms with E-state index in [0.29, 0.717) is 5.71 Å². The largest absolute Gasteiger partial charge is 0.344 e. The van der Waals surface area contributed by atoms with Crippen LogP contribution in [-0.4, -0.2) is 24.0 Å². The number of likely N-dealkylation sites (N-methyl/N-ethyl adjacent to an activating group) is 1. The predicted octanol–water partition coefficient (Wildman–Crippen LogP) is 14.4. The van der Waals surface area contributed by atoms with E-state index in [9.17, 15) is 0 Å². The molecule has 302 valence electrons. The van der Waals surface area contributed by atoms with Gasteiger partial charge in [0.15, 0.2) is 0 Å². The Morgan fingerprint density at radius 3 is 2.18 bits per heavy atom. The lowest BCUT2D eigenvalue weighted by Crippen LogP contribution is -2.23. The van der Waals surface area contributed by atoms with Gasteiger partial charge in [-0.15, -0.1) is 19.4 Å². The smallest absolute Gasteiger partial charge is 0.0716 e. The molecule has 0 atom stereocenters. The molecule has 0 unspecified atom stereocenters. The first-order chi connectivity index (χ1) is 29.4. The zero-order valence-corrected chi connectivity index (χ0v) is 35.7. The number of para-hydroxylation sites is 3. The molecular formula is C55H57N5. The topological polar surface area (TPSA) is 47.6 Å². The minimum absolute atomic E-state index is 0.476. The zero-order valence-electron chi connectivity index (χ0n) is 35.7. The molecule has 0 amide bonds. The average Bonchev–Trinajstić information content (AvgIpc) is 3.64. The number of nitrogens with zero attached hydrogens (tertiary/aromatic N) is 4. The van der Waals surface area contributed by atoms with Crippen molar-refractivity contribution in [1.82, 2.24) is 4.57 Å². The Kier molecular flexibility index (Phi) is 17.4. The van der Waals surface area contributed by atoms with Crippen molar-refractivity contribution >= 4 is 57.0 Å². The summed E-state index contributed by atoms with van der Waals surface area (Å²) in [6.07, 6.45) is 28.8. The van der Waals surface area contributed by atoms with Crippen molar-refractivity contribution < 1.29 is 0 Å². The van der Waals surface area contributed by atoms with Crippen LogP contribution in [0.15, 0.2) is 206 Å². The van der Waals surface area contributed by atoms with Gasteiger partial charge in [0.1, 0.15) is 0 Å². The molecule has 6 aromatic rings. The minimum Gasteiger partial charge on any atom is -0.344 e. The van der Waals surface area contributed by atoms with Crippen molar-refractivity contribution in [2.75, 3.05) is 16.8 Å². The number of aryl methyl sites for hydroxylation is 1. The van der Waals surface area contributed by atoms with Crippen LogP contribution in [0.4, 0.5) is 17.1 Å². The second-order valence-corrected chi connectivity index (χ2v) is 13.4. The maximum Gasteiger partial charge on any atom is 0.0716 e. The Morgan fingerprint density at radius 1 is 0.850 bits per heavy atom. The third kappa shape index (κ3) is 10.5. The monoisotopic (exact) mass is 787 g/mol. The van der Waals surface area contributed by atoms with Crippen molar-refractivity contribution in [3.63, 3.8) is 0 Å². The Bertz CT molecular complexity index is 2580. The van der Waals surface area contributed by atoms with Gasteiger partial charge in [0.25, 0.3) is 0 Å². The van der Waals surface area contributed by atoms with Crippen LogP contribution in [0.3, 0.4) is 0 Å². The summed E-state index contributed by atoms with van der Waals surface area (Å²) in [5.41, 5.74) is 11.8. The van der Waals surface area contributed by atoms with Gasteiger partial charge in [0.2, 0.25) is 0 Å². The van der Waals surface area contributed by atoms with Gasteiger partial charge in [-0.2, -0.15) is 0 Å². The molecule has 1 N–H and O–H groups in total. The van der Waals surface area contributed by atoms with Gasteiger partial charge in [0, 0.05) is 69.7 Å². The van der Waals surface area contributed by atoms with E-state index in [1.54, 1.807) is 0 Å². The zero-order chi connectivity index (χ0) is 43.4. The predicted molar refractivity (Wildman–Crippen MR) is 265 cm³/mol. The Morgan fingerprint density at radius 2 is 1.50 bits per heavy atom. The molecule has 1 aliphatic heterocycles. The molecule has 5 nitrogen and oxygen atoms in total. The van der Waals surface area contributed by atoms with Gasteiger partial charge in [-0.1, -0.05) is 148 Å². The van der Waals surface area contributed by atoms with E-state index in [4.69, 9.17) is 5.41 Å². The van der Waals surface area contributed by atoms with Crippen LogP contribution in [0.2, 0.25) is 0 Å². The Labute approximate surface area is 358 Å². The van der Waals surface area contributed by atoms with Gasteiger partial charge in [-0.3, -0.25) is 10.4 Å². The summed E-state index contributed by atoms with van der Waals surface area (Å²) in [7, 11) is 4.31. The number of terminal acetylenes is 1. The summed E-state index contributed by atoms with van der Waals surface area (Å²) in [6.45, 7) is 18.0. The number of allylic oxidation sites excluding steroid dienone is 9. The molecule has 0 bridgehead atoms. The number of anilines is 2. The van der Waals surface area contributed by atoms with E-state index >= 15 is 0 Å². The highest BCUT2D eigenvalue weighted by atomic mass is 15.2. The lowest BCUT2D eigenvalue weighted by Gasteiger charge is -2.32. The molecule has 1 aliphatic rings. The van der Waals surface area contributed by atoms with Crippen LogP contribution in [-0.2, 0) is 7.05 Å². The van der Waals surface area contributed by atoms with E-state index in [1.165, 1.54) is 21.8 Å². The van der Waals surface area contributed by atoms with Crippen molar-refractivity contribution in [2.45, 2.75) is 33.6 Å². The van der Waals surface area contributed by atoms with Gasteiger partial charge in [-0.25, -0.2) is 0 Å². The summed E-state index contributed by atoms with van der Waals surface area (Å²) in [4.78, 5) is 8.49. The number of nitrogens with one attached hydrogen (secondary N) is 1. The first-order valence-corrected chi connectivity index (χ1v) is 20.2. The molecule has 0 saturated carbocycles. The number of hydrogen-bond acceptors (Lipinski definition) is 4. The number of rotatable bonds is 10. The third-order valence-electron chi connectivity index (χ3n) is 9.82. The molecule has 7 rings (SSSR count). The fourth-order valence-electron chi connectivity index (χ4n) is 7.03. The highest BCUT2D eigenvalue weighted by Crippen LogP contribution is 2.41. The SMILES string of the molecule is C#C.C=CCC=C(/C=C\C)N(C)c1cc2c3ccccc3n(C)c2cc1/C1=C/C/C=C\C=C/C(=C)N1c1ccccc1.C=Nc1ccccc1C(=N)c1ccccc1.CC. The fourth-order valence-corrected chi connectivity index (χ4v) is 7.03. The highest BCUT2D eigenvalue weighted by molar-refractivity contribution is 6.14. The molecule has 0 radical (unpaired) electrons. The van der Waals surface area contributed by atoms with Crippen LogP contribution >= 0.6 is 0 Å². The summed E-state index contributed by atoms with van der Waals surface area (Å²) in [6, 6.07) is 41.0. The molecule has 5 heteroatoms. The maximum absolute atomic E-state index is 8.13. The number of fused-ring (bicyclic) bond motifs is 3. The second-order valence-electron chi connectivity index (χ2n) is 13.4. The van der Waals surface area contributed by atoms with E-state index in [0.717, 1.165) is 63.7 Å². The van der Waals surface area contributed by atoms with Gasteiger partial charge in [-0.05, 0) is 75.0 Å². The third-order valence-corrected chi connectivity index (χ3v) is 9.82. The summed E-state index contributed by atoms with van der Waals surface area (Å²) in [5.74, 6) is 0. The number of aromatic nitrogens is 1. The fraction of sp³-hybridized carbons (Fsp3) is 0.127. The number of aliphatic imine (C=N–C) groups is 1. The van der Waals surface area contributed by atoms with E-state index in [-0.39, 0.29) is 0 Å². The first-order valence-electron chi connectivity index (χ1n) is 20.2. The van der Waals surface area contributed by atoms with E-state index in [1.807, 2.05) is 74.5 Å². The van der Waals surface area contributed by atoms with E-state index < -0.39 is 0 Å². The lowest BCUT2D eigenvalue weighted by molar-refractivity contribution is 1.01. The highest BCUT2D eigenvalue weighted by Gasteiger charge is 2.23. The first kappa shape index (κ1) is 45.3. The molecule has 0 spiro atoms. The van der Waals surface area contributed by atoms with Crippen LogP contribution in [0.5, 0.6) is 0 Å². The molecule has 60 heavy (non-hydrogen) atoms. The Hall–Kier alpha value is -7.42. The molecule has 0 fully saturated rings. The summed E-state index contributed by atoms with van der Waals surface area (Å²) in [5, 5.41) is 10.6. The van der Waals surface area contributed by atoms with Crippen molar-refractivity contribution in [3.05, 3.63) is 217 Å². The van der Waals surface area contributed by atoms with Gasteiger partial charge in [0.05, 0.1) is 22.8 Å². The van der Waals surface area contributed by atoms with Crippen LogP contribution in [0.1, 0.15) is 50.3 Å². The van der Waals surface area contributed by atoms with Crippen molar-refractivity contribution in [3.8, 4) is 12.8 Å². The normalized spacial score (nSPS) is 14.3. The molecule has 2 heterocycles. The van der Waals surface area contributed by atoms with Crippen molar-refractivity contribution in [1.29, 1.82) is 5.41 Å². The molecule has 0 aliphatic carbocycles. The maximum atomic E-state index is 8.13. The molecular weight excluding hydrogens is 731 g/mol. The Balaban J connectivity index is 0.000000330.